The third kappa shape index (κ3) is 3.85. The molecule has 1 amide bonds. The molecule has 0 saturated carbocycles. The Morgan fingerprint density at radius 1 is 1.39 bits per heavy atom. The number of thioether (sulfide) groups is 1. The number of benzene rings is 1. The van der Waals surface area contributed by atoms with E-state index in [0.29, 0.717) is 11.6 Å². The van der Waals surface area contributed by atoms with Crippen molar-refractivity contribution in [3.63, 3.8) is 0 Å². The van der Waals surface area contributed by atoms with Crippen LogP contribution in [0.4, 0.5) is 5.13 Å². The molecule has 8 heteroatoms. The Kier molecular flexibility index (Phi) is 5.21. The van der Waals surface area contributed by atoms with E-state index in [4.69, 9.17) is 11.6 Å². The number of anilines is 1. The van der Waals surface area contributed by atoms with Gasteiger partial charge in [0.15, 0.2) is 9.47 Å². The molecule has 0 saturated heterocycles. The second-order valence-corrected chi connectivity index (χ2v) is 8.29. The molecule has 0 bridgehead atoms. The second kappa shape index (κ2) is 7.17. The molecule has 3 rings (SSSR count). The molecule has 2 aromatic heterocycles. The summed E-state index contributed by atoms with van der Waals surface area (Å²) in [6.45, 7) is 4.14. The minimum absolute atomic E-state index is 0.0177. The van der Waals surface area contributed by atoms with Crippen LogP contribution < -0.4 is 4.90 Å². The molecule has 0 spiro atoms. The summed E-state index contributed by atoms with van der Waals surface area (Å²) < 4.78 is 2.13. The molecule has 0 aliphatic carbocycles. The number of hydrogen-bond acceptors (Lipinski definition) is 6. The van der Waals surface area contributed by atoms with Crippen molar-refractivity contribution in [3.8, 4) is 0 Å². The Morgan fingerprint density at radius 2 is 2.22 bits per heavy atom. The van der Waals surface area contributed by atoms with E-state index >= 15 is 0 Å². The van der Waals surface area contributed by atoms with Crippen LogP contribution in [0.5, 0.6) is 0 Å². The van der Waals surface area contributed by atoms with Gasteiger partial charge in [-0.3, -0.25) is 9.69 Å². The minimum atomic E-state index is 0.0177. The molecule has 4 nitrogen and oxygen atoms in total. The van der Waals surface area contributed by atoms with E-state index in [1.54, 1.807) is 34.9 Å². The Bertz CT molecular complexity index is 845. The lowest BCUT2D eigenvalue weighted by Gasteiger charge is -2.14. The largest absolute Gasteiger partial charge is 0.289 e. The fraction of sp³-hybridized carbons (Fsp3) is 0.267. The van der Waals surface area contributed by atoms with Gasteiger partial charge in [-0.1, -0.05) is 23.4 Å². The van der Waals surface area contributed by atoms with Gasteiger partial charge in [-0.15, -0.1) is 22.7 Å². The number of thiazole rings is 2. The Labute approximate surface area is 151 Å². The smallest absolute Gasteiger partial charge is 0.225 e. The van der Waals surface area contributed by atoms with Crippen molar-refractivity contribution in [2.24, 2.45) is 0 Å². The number of amides is 1. The lowest BCUT2D eigenvalue weighted by molar-refractivity contribution is -0.116. The number of carbonyl (C=O) groups is 1. The Balaban J connectivity index is 1.70. The molecule has 0 unspecified atom stereocenters. The summed E-state index contributed by atoms with van der Waals surface area (Å²) in [5, 5.41) is 3.46. The first kappa shape index (κ1) is 16.7. The van der Waals surface area contributed by atoms with Crippen molar-refractivity contribution in [2.75, 3.05) is 11.4 Å². The molecule has 0 radical (unpaired) electrons. The van der Waals surface area contributed by atoms with Gasteiger partial charge in [-0.05, 0) is 25.1 Å². The van der Waals surface area contributed by atoms with Crippen molar-refractivity contribution in [1.29, 1.82) is 0 Å². The number of fused-ring (bicyclic) bond motifs is 1. The first-order valence-corrected chi connectivity index (χ1v) is 10.0. The van der Waals surface area contributed by atoms with E-state index in [2.05, 4.69) is 9.97 Å². The lowest BCUT2D eigenvalue weighted by atomic mass is 10.3. The third-order valence-corrected chi connectivity index (χ3v) is 6.50. The maximum Gasteiger partial charge on any atom is 0.225 e. The van der Waals surface area contributed by atoms with Crippen LogP contribution in [0.1, 0.15) is 19.5 Å². The first-order chi connectivity index (χ1) is 11.1. The zero-order valence-electron chi connectivity index (χ0n) is 12.6. The lowest BCUT2D eigenvalue weighted by Crippen LogP contribution is -2.27. The Morgan fingerprint density at radius 3 is 2.96 bits per heavy atom. The van der Waals surface area contributed by atoms with Gasteiger partial charge in [0.2, 0.25) is 5.91 Å². The van der Waals surface area contributed by atoms with Crippen molar-refractivity contribution < 1.29 is 4.79 Å². The molecule has 0 aliphatic rings. The number of hydrogen-bond donors (Lipinski definition) is 0. The standard InChI is InChI=1S/C15H14ClN3OS3/c1-3-19(9(2)20)14-17-11(7-21-14)8-22-15-18-12-6-10(16)4-5-13(12)23-15/h4-7H,3,8H2,1-2H3. The minimum Gasteiger partial charge on any atom is -0.289 e. The monoisotopic (exact) mass is 383 g/mol. The van der Waals surface area contributed by atoms with E-state index < -0.39 is 0 Å². The highest BCUT2D eigenvalue weighted by molar-refractivity contribution is 8.00. The number of aromatic nitrogens is 2. The summed E-state index contributed by atoms with van der Waals surface area (Å²) in [5.74, 6) is 0.753. The highest BCUT2D eigenvalue weighted by atomic mass is 35.5. The van der Waals surface area contributed by atoms with Crippen LogP contribution >= 0.6 is 46.0 Å². The van der Waals surface area contributed by atoms with Gasteiger partial charge in [0.25, 0.3) is 0 Å². The molecular weight excluding hydrogens is 370 g/mol. The van der Waals surface area contributed by atoms with E-state index in [1.165, 1.54) is 11.3 Å². The summed E-state index contributed by atoms with van der Waals surface area (Å²) in [4.78, 5) is 22.4. The van der Waals surface area contributed by atoms with Gasteiger partial charge >= 0.3 is 0 Å². The van der Waals surface area contributed by atoms with Crippen LogP contribution in [0.3, 0.4) is 0 Å². The number of carbonyl (C=O) groups excluding carboxylic acids is 1. The topological polar surface area (TPSA) is 46.1 Å². The van der Waals surface area contributed by atoms with Crippen LogP contribution in [0.2, 0.25) is 5.02 Å². The Hall–Kier alpha value is -1.15. The summed E-state index contributed by atoms with van der Waals surface area (Å²) in [7, 11) is 0. The maximum atomic E-state index is 11.6. The fourth-order valence-corrected chi connectivity index (χ4v) is 5.20. The van der Waals surface area contributed by atoms with E-state index in [-0.39, 0.29) is 5.91 Å². The van der Waals surface area contributed by atoms with Crippen LogP contribution in [-0.4, -0.2) is 22.4 Å². The fourth-order valence-electron chi connectivity index (χ4n) is 2.06. The molecule has 1 aromatic carbocycles. The van der Waals surface area contributed by atoms with E-state index in [9.17, 15) is 4.79 Å². The predicted octanol–water partition coefficient (Wildman–Crippen LogP) is 5.07. The average Bonchev–Trinajstić information content (AvgIpc) is 3.11. The molecule has 0 N–H and O–H groups in total. The van der Waals surface area contributed by atoms with Crippen molar-refractivity contribution in [1.82, 2.24) is 9.97 Å². The van der Waals surface area contributed by atoms with Gasteiger partial charge in [-0.25, -0.2) is 9.97 Å². The molecule has 0 atom stereocenters. The summed E-state index contributed by atoms with van der Waals surface area (Å²) in [5.41, 5.74) is 1.89. The van der Waals surface area contributed by atoms with Crippen molar-refractivity contribution in [3.05, 3.63) is 34.3 Å². The molecular formula is C15H14ClN3OS3. The normalized spacial score (nSPS) is 11.1. The SMILES string of the molecule is CCN(C(C)=O)c1nc(CSc2nc3cc(Cl)ccc3s2)cs1. The summed E-state index contributed by atoms with van der Waals surface area (Å²) >= 11 is 10.8. The molecule has 0 aliphatic heterocycles. The molecule has 2 heterocycles. The van der Waals surface area contributed by atoms with Crippen LogP contribution in [-0.2, 0) is 10.5 Å². The molecule has 23 heavy (non-hydrogen) atoms. The molecule has 0 fully saturated rings. The van der Waals surface area contributed by atoms with Crippen LogP contribution in [0, 0.1) is 0 Å². The predicted molar refractivity (Wildman–Crippen MR) is 100 cm³/mol. The zero-order valence-corrected chi connectivity index (χ0v) is 15.8. The highest BCUT2D eigenvalue weighted by Gasteiger charge is 2.14. The van der Waals surface area contributed by atoms with Gasteiger partial charge in [0.05, 0.1) is 15.9 Å². The first-order valence-electron chi connectivity index (χ1n) is 6.98. The van der Waals surface area contributed by atoms with E-state index in [0.717, 1.165) is 31.1 Å². The molecule has 120 valence electrons. The molecule has 3 aromatic rings. The van der Waals surface area contributed by atoms with Gasteiger partial charge in [0.1, 0.15) is 0 Å². The summed E-state index contributed by atoms with van der Waals surface area (Å²) in [6, 6.07) is 5.75. The average molecular weight is 384 g/mol. The van der Waals surface area contributed by atoms with Crippen molar-refractivity contribution >= 4 is 67.3 Å². The number of halogens is 1. The quantitative estimate of drug-likeness (QED) is 0.577. The third-order valence-electron chi connectivity index (χ3n) is 3.14. The van der Waals surface area contributed by atoms with Gasteiger partial charge in [-0.2, -0.15) is 0 Å². The summed E-state index contributed by atoms with van der Waals surface area (Å²) in [6.07, 6.45) is 0. The maximum absolute atomic E-state index is 11.6. The van der Waals surface area contributed by atoms with Crippen LogP contribution in [0.15, 0.2) is 27.9 Å². The van der Waals surface area contributed by atoms with E-state index in [1.807, 2.05) is 30.5 Å². The van der Waals surface area contributed by atoms with Gasteiger partial charge in [0, 0.05) is 29.6 Å². The number of rotatable bonds is 5. The van der Waals surface area contributed by atoms with Gasteiger partial charge < -0.3 is 0 Å². The van der Waals surface area contributed by atoms with Crippen LogP contribution in [0.25, 0.3) is 10.2 Å². The second-order valence-electron chi connectivity index (χ2n) is 4.77. The number of nitrogens with zero attached hydrogens (tertiary/aromatic N) is 3. The van der Waals surface area contributed by atoms with Crippen molar-refractivity contribution in [2.45, 2.75) is 23.9 Å². The highest BCUT2D eigenvalue weighted by Crippen LogP contribution is 2.33. The zero-order chi connectivity index (χ0) is 16.4.